The minimum atomic E-state index is -0.989. The molecule has 9 nitrogen and oxygen atoms in total. The van der Waals surface area contributed by atoms with Crippen LogP contribution in [0.3, 0.4) is 0 Å². The Morgan fingerprint density at radius 3 is 2.54 bits per heavy atom. The van der Waals surface area contributed by atoms with Gasteiger partial charge in [-0.3, -0.25) is 4.79 Å². The van der Waals surface area contributed by atoms with Crippen molar-refractivity contribution < 1.29 is 23.8 Å². The first-order chi connectivity index (χ1) is 19.5. The van der Waals surface area contributed by atoms with Gasteiger partial charge in [-0.1, -0.05) is 13.8 Å². The van der Waals surface area contributed by atoms with E-state index in [-0.39, 0.29) is 35.3 Å². The highest BCUT2D eigenvalue weighted by atomic mass is 16.5. The number of hydrogen-bond donors (Lipinski definition) is 2. The molecule has 5 aliphatic rings. The van der Waals surface area contributed by atoms with Gasteiger partial charge in [0.2, 0.25) is 0 Å². The lowest BCUT2D eigenvalue weighted by Gasteiger charge is -2.64. The van der Waals surface area contributed by atoms with Crippen LogP contribution in [0.15, 0.2) is 27.6 Å². The standard InChI is InChI=1S/C32H47N3O6/c1-20(36)41-26-18-32(39)25-7-6-22-17-23(34(4)29(38)35-15-13-33-14-16-35)9-11-30(22,2)24(25)10-12-31(32,3)28(26)21-5-8-27(37)40-19-21/h5,8,19,22-26,28,33,39H,6-7,9-18H2,1-4H3. The zero-order valence-corrected chi connectivity index (χ0v) is 25.1. The van der Waals surface area contributed by atoms with E-state index in [0.717, 1.165) is 76.7 Å². The van der Waals surface area contributed by atoms with Crippen molar-refractivity contribution in [2.24, 2.45) is 28.6 Å². The predicted molar refractivity (Wildman–Crippen MR) is 153 cm³/mol. The molecule has 41 heavy (non-hydrogen) atoms. The average molecular weight is 570 g/mol. The third-order valence-corrected chi connectivity index (χ3v) is 12.4. The number of nitrogens with one attached hydrogen (secondary N) is 1. The van der Waals surface area contributed by atoms with Gasteiger partial charge in [-0.2, -0.15) is 0 Å². The molecule has 5 fully saturated rings. The molecule has 1 saturated heterocycles. The zero-order chi connectivity index (χ0) is 29.2. The van der Waals surface area contributed by atoms with E-state index in [1.165, 1.54) is 19.3 Å². The molecular formula is C32H47N3O6. The monoisotopic (exact) mass is 569 g/mol. The second-order valence-electron chi connectivity index (χ2n) is 14.1. The van der Waals surface area contributed by atoms with Gasteiger partial charge in [0, 0.05) is 70.0 Å². The molecule has 9 unspecified atom stereocenters. The van der Waals surface area contributed by atoms with E-state index in [4.69, 9.17) is 9.15 Å². The Morgan fingerprint density at radius 1 is 1.10 bits per heavy atom. The number of piperazine rings is 1. The lowest BCUT2D eigenvalue weighted by Crippen LogP contribution is -2.62. The van der Waals surface area contributed by atoms with Crippen LogP contribution >= 0.6 is 0 Å². The van der Waals surface area contributed by atoms with Crippen molar-refractivity contribution in [3.05, 3.63) is 34.4 Å². The van der Waals surface area contributed by atoms with E-state index in [2.05, 4.69) is 19.2 Å². The molecule has 2 N–H and O–H groups in total. The Bertz CT molecular complexity index is 1210. The number of carbonyl (C=O) groups is 2. The average Bonchev–Trinajstić information content (AvgIpc) is 3.18. The molecule has 0 radical (unpaired) electrons. The number of fused-ring (bicyclic) bond motifs is 5. The van der Waals surface area contributed by atoms with Crippen LogP contribution in [-0.4, -0.2) is 77.9 Å². The highest BCUT2D eigenvalue weighted by Crippen LogP contribution is 2.71. The Balaban J connectivity index is 1.24. The first-order valence-corrected chi connectivity index (χ1v) is 15.7. The first-order valence-electron chi connectivity index (χ1n) is 15.7. The highest BCUT2D eigenvalue weighted by Gasteiger charge is 2.70. The Labute approximate surface area is 243 Å². The van der Waals surface area contributed by atoms with E-state index in [9.17, 15) is 19.5 Å². The van der Waals surface area contributed by atoms with Crippen LogP contribution in [0.25, 0.3) is 0 Å². The van der Waals surface area contributed by atoms with Crippen molar-refractivity contribution in [1.82, 2.24) is 15.1 Å². The maximum absolute atomic E-state index is 13.3. The smallest absolute Gasteiger partial charge is 0.335 e. The quantitative estimate of drug-likeness (QED) is 0.533. The van der Waals surface area contributed by atoms with Crippen molar-refractivity contribution >= 4 is 12.0 Å². The van der Waals surface area contributed by atoms with Crippen LogP contribution in [0.2, 0.25) is 0 Å². The number of rotatable bonds is 3. The fraction of sp³-hybridized carbons (Fsp3) is 0.781. The SMILES string of the molecule is CC(=O)OC1CC2(O)C3CCC4CC(N(C)C(=O)N5CCNCC5)CCC4(C)C3CCC2(C)C1c1ccc(=O)oc1. The van der Waals surface area contributed by atoms with Gasteiger partial charge < -0.3 is 29.4 Å². The van der Waals surface area contributed by atoms with E-state index in [0.29, 0.717) is 18.3 Å². The van der Waals surface area contributed by atoms with Crippen molar-refractivity contribution in [1.29, 1.82) is 0 Å². The molecule has 1 aromatic heterocycles. The Kier molecular flexibility index (Phi) is 7.29. The van der Waals surface area contributed by atoms with Crippen molar-refractivity contribution in [3.63, 3.8) is 0 Å². The number of hydrogen-bond acceptors (Lipinski definition) is 7. The van der Waals surface area contributed by atoms with Crippen molar-refractivity contribution in [3.8, 4) is 0 Å². The second-order valence-corrected chi connectivity index (χ2v) is 14.1. The van der Waals surface area contributed by atoms with Crippen LogP contribution in [0.1, 0.15) is 83.6 Å². The normalized spacial score (nSPS) is 42.0. The summed E-state index contributed by atoms with van der Waals surface area (Å²) in [5.41, 5.74) is -1.00. The number of urea groups is 1. The second kappa shape index (κ2) is 10.4. The largest absolute Gasteiger partial charge is 0.462 e. The minimum Gasteiger partial charge on any atom is -0.462 e. The molecule has 2 heterocycles. The molecule has 1 aliphatic heterocycles. The molecule has 226 valence electrons. The summed E-state index contributed by atoms with van der Waals surface area (Å²) in [6, 6.07) is 3.59. The van der Waals surface area contributed by atoms with Gasteiger partial charge >= 0.3 is 17.6 Å². The van der Waals surface area contributed by atoms with Gasteiger partial charge in [0.1, 0.15) is 6.10 Å². The lowest BCUT2D eigenvalue weighted by atomic mass is 9.43. The molecule has 2 amide bonds. The summed E-state index contributed by atoms with van der Waals surface area (Å²) in [4.78, 5) is 41.2. The molecule has 9 atom stereocenters. The molecule has 4 aliphatic carbocycles. The van der Waals surface area contributed by atoms with E-state index < -0.39 is 22.7 Å². The molecule has 0 spiro atoms. The minimum absolute atomic E-state index is 0.101. The summed E-state index contributed by atoms with van der Waals surface area (Å²) < 4.78 is 11.1. The zero-order valence-electron chi connectivity index (χ0n) is 25.1. The summed E-state index contributed by atoms with van der Waals surface area (Å²) in [6.07, 6.45) is 8.27. The lowest BCUT2D eigenvalue weighted by molar-refractivity contribution is -0.203. The topological polar surface area (TPSA) is 112 Å². The van der Waals surface area contributed by atoms with Gasteiger partial charge in [0.15, 0.2) is 0 Å². The van der Waals surface area contributed by atoms with Gasteiger partial charge in [0.05, 0.1) is 11.9 Å². The van der Waals surface area contributed by atoms with E-state index in [1.54, 1.807) is 6.07 Å². The molecule has 6 rings (SSSR count). The molecular weight excluding hydrogens is 522 g/mol. The van der Waals surface area contributed by atoms with Gasteiger partial charge in [-0.25, -0.2) is 9.59 Å². The fourth-order valence-corrected chi connectivity index (χ4v) is 10.3. The number of esters is 1. The van der Waals surface area contributed by atoms with Crippen LogP contribution in [-0.2, 0) is 9.53 Å². The number of nitrogens with zero attached hydrogens (tertiary/aromatic N) is 2. The maximum Gasteiger partial charge on any atom is 0.335 e. The Morgan fingerprint density at radius 2 is 1.85 bits per heavy atom. The highest BCUT2D eigenvalue weighted by molar-refractivity contribution is 5.74. The van der Waals surface area contributed by atoms with Gasteiger partial charge in [-0.05, 0) is 79.7 Å². The summed E-state index contributed by atoms with van der Waals surface area (Å²) in [7, 11) is 1.98. The fourth-order valence-electron chi connectivity index (χ4n) is 10.3. The predicted octanol–water partition coefficient (Wildman–Crippen LogP) is 3.75. The molecule has 9 heteroatoms. The third kappa shape index (κ3) is 4.53. The summed E-state index contributed by atoms with van der Waals surface area (Å²) in [5, 5.41) is 16.1. The Hall–Kier alpha value is -2.39. The van der Waals surface area contributed by atoms with Crippen molar-refractivity contribution in [2.75, 3.05) is 33.2 Å². The first kappa shape index (κ1) is 28.7. The summed E-state index contributed by atoms with van der Waals surface area (Å²) >= 11 is 0. The summed E-state index contributed by atoms with van der Waals surface area (Å²) in [5.74, 6) is 0.400. The third-order valence-electron chi connectivity index (χ3n) is 12.4. The van der Waals surface area contributed by atoms with Crippen LogP contribution < -0.4 is 10.9 Å². The molecule has 0 aromatic carbocycles. The van der Waals surface area contributed by atoms with E-state index >= 15 is 0 Å². The summed E-state index contributed by atoms with van der Waals surface area (Å²) in [6.45, 7) is 9.27. The van der Waals surface area contributed by atoms with Gasteiger partial charge in [0.25, 0.3) is 0 Å². The van der Waals surface area contributed by atoms with Gasteiger partial charge in [-0.15, -0.1) is 0 Å². The maximum atomic E-state index is 13.3. The number of aliphatic hydroxyl groups is 1. The molecule has 1 aromatic rings. The number of carbonyl (C=O) groups excluding carboxylic acids is 2. The molecule has 4 saturated carbocycles. The van der Waals surface area contributed by atoms with Crippen molar-refractivity contribution in [2.45, 2.75) is 95.8 Å². The van der Waals surface area contributed by atoms with E-state index in [1.807, 2.05) is 16.8 Å². The van der Waals surface area contributed by atoms with Crippen LogP contribution in [0.5, 0.6) is 0 Å². The number of ether oxygens (including phenoxy) is 1. The number of amides is 2. The van der Waals surface area contributed by atoms with Crippen LogP contribution in [0, 0.1) is 28.6 Å². The molecule has 0 bridgehead atoms. The van der Waals surface area contributed by atoms with Crippen LogP contribution in [0.4, 0.5) is 4.79 Å².